The third kappa shape index (κ3) is 3.59. The molecule has 0 saturated heterocycles. The Bertz CT molecular complexity index is 178. The Morgan fingerprint density at radius 2 is 2.15 bits per heavy atom. The molecule has 1 saturated carbocycles. The number of rotatable bonds is 5. The Kier molecular flexibility index (Phi) is 4.10. The molecule has 0 N–H and O–H groups in total. The summed E-state index contributed by atoms with van der Waals surface area (Å²) in [6.45, 7) is 5.30. The first kappa shape index (κ1) is 10.9. The maximum atomic E-state index is 11.5. The predicted octanol–water partition coefficient (Wildman–Crippen LogP) is 1.95. The lowest BCUT2D eigenvalue weighted by Gasteiger charge is -2.22. The second kappa shape index (κ2) is 4.89. The molecule has 13 heavy (non-hydrogen) atoms. The zero-order valence-corrected chi connectivity index (χ0v) is 9.39. The van der Waals surface area contributed by atoms with E-state index in [4.69, 9.17) is 0 Å². The Hall–Kier alpha value is -0.180. The zero-order valence-electron chi connectivity index (χ0n) is 8.49. The number of hydrogen-bond acceptors (Lipinski definition) is 2. The molecule has 1 rings (SSSR count). The molecule has 0 aromatic heterocycles. The topological polar surface area (TPSA) is 20.3 Å². The van der Waals surface area contributed by atoms with Gasteiger partial charge >= 0.3 is 0 Å². The van der Waals surface area contributed by atoms with Crippen molar-refractivity contribution < 1.29 is 4.79 Å². The summed E-state index contributed by atoms with van der Waals surface area (Å²) in [5, 5.41) is 0. The van der Waals surface area contributed by atoms with Gasteiger partial charge in [0.1, 0.15) is 0 Å². The average molecular weight is 201 g/mol. The van der Waals surface area contributed by atoms with Crippen LogP contribution in [-0.4, -0.2) is 29.1 Å². The summed E-state index contributed by atoms with van der Waals surface area (Å²) in [6.07, 6.45) is 3.49. The molecule has 3 heteroatoms. The van der Waals surface area contributed by atoms with Gasteiger partial charge in [-0.1, -0.05) is 13.8 Å². The van der Waals surface area contributed by atoms with Crippen LogP contribution < -0.4 is 0 Å². The van der Waals surface area contributed by atoms with Gasteiger partial charge in [-0.3, -0.25) is 4.79 Å². The third-order valence-corrected chi connectivity index (χ3v) is 2.66. The van der Waals surface area contributed by atoms with Gasteiger partial charge in [0, 0.05) is 12.6 Å². The van der Waals surface area contributed by atoms with Gasteiger partial charge in [0.25, 0.3) is 0 Å². The van der Waals surface area contributed by atoms with E-state index in [1.165, 1.54) is 12.8 Å². The van der Waals surface area contributed by atoms with Crippen LogP contribution in [0.25, 0.3) is 0 Å². The van der Waals surface area contributed by atoms with Crippen LogP contribution in [0.1, 0.15) is 33.1 Å². The van der Waals surface area contributed by atoms with Crippen LogP contribution in [0.2, 0.25) is 0 Å². The van der Waals surface area contributed by atoms with Crippen LogP contribution in [0.3, 0.4) is 0 Å². The molecule has 0 aliphatic heterocycles. The summed E-state index contributed by atoms with van der Waals surface area (Å²) in [4.78, 5) is 13.5. The first-order valence-electron chi connectivity index (χ1n) is 5.05. The number of nitrogens with zero attached hydrogens (tertiary/aromatic N) is 1. The standard InChI is InChI=1S/C10H19NOS/c1-8(2)5-6-11(9-3-4-9)10(12)7-13/h8-9,13H,3-7H2,1-2H3. The molecule has 1 aliphatic carbocycles. The molecular weight excluding hydrogens is 182 g/mol. The number of carbonyl (C=O) groups is 1. The van der Waals surface area contributed by atoms with Gasteiger partial charge in [0.2, 0.25) is 5.91 Å². The molecule has 0 spiro atoms. The molecule has 0 aromatic carbocycles. The normalized spacial score (nSPS) is 16.3. The van der Waals surface area contributed by atoms with Crippen molar-refractivity contribution in [1.82, 2.24) is 4.90 Å². The molecule has 0 heterocycles. The van der Waals surface area contributed by atoms with Gasteiger partial charge < -0.3 is 4.90 Å². The lowest BCUT2D eigenvalue weighted by atomic mass is 10.1. The van der Waals surface area contributed by atoms with E-state index in [1.807, 2.05) is 4.90 Å². The largest absolute Gasteiger partial charge is 0.339 e. The predicted molar refractivity (Wildman–Crippen MR) is 58.0 cm³/mol. The first-order valence-corrected chi connectivity index (χ1v) is 5.68. The molecule has 0 aromatic rings. The first-order chi connectivity index (χ1) is 6.15. The summed E-state index contributed by atoms with van der Waals surface area (Å²) < 4.78 is 0. The van der Waals surface area contributed by atoms with Crippen LogP contribution >= 0.6 is 12.6 Å². The lowest BCUT2D eigenvalue weighted by Crippen LogP contribution is -2.35. The van der Waals surface area contributed by atoms with Crippen LogP contribution in [0.15, 0.2) is 0 Å². The van der Waals surface area contributed by atoms with Crippen molar-refractivity contribution in [2.24, 2.45) is 5.92 Å². The van der Waals surface area contributed by atoms with Gasteiger partial charge in [-0.2, -0.15) is 12.6 Å². The summed E-state index contributed by atoms with van der Waals surface area (Å²) in [5.74, 6) is 1.23. The smallest absolute Gasteiger partial charge is 0.232 e. The Morgan fingerprint density at radius 3 is 2.54 bits per heavy atom. The van der Waals surface area contributed by atoms with Crippen LogP contribution in [-0.2, 0) is 4.79 Å². The fourth-order valence-electron chi connectivity index (χ4n) is 1.39. The fraction of sp³-hybridized carbons (Fsp3) is 0.900. The molecule has 76 valence electrons. The van der Waals surface area contributed by atoms with E-state index in [0.29, 0.717) is 17.7 Å². The number of hydrogen-bond donors (Lipinski definition) is 1. The highest BCUT2D eigenvalue weighted by Gasteiger charge is 2.31. The molecule has 0 atom stereocenters. The van der Waals surface area contributed by atoms with Crippen molar-refractivity contribution in [2.45, 2.75) is 39.2 Å². The molecule has 0 radical (unpaired) electrons. The third-order valence-electron chi connectivity index (χ3n) is 2.39. The van der Waals surface area contributed by atoms with E-state index in [9.17, 15) is 4.79 Å². The highest BCUT2D eigenvalue weighted by molar-refractivity contribution is 7.81. The Balaban J connectivity index is 2.33. The highest BCUT2D eigenvalue weighted by Crippen LogP contribution is 2.27. The Morgan fingerprint density at radius 1 is 1.54 bits per heavy atom. The second-order valence-corrected chi connectivity index (χ2v) is 4.48. The molecule has 1 fully saturated rings. The van der Waals surface area contributed by atoms with Crippen molar-refractivity contribution in [3.63, 3.8) is 0 Å². The molecule has 0 bridgehead atoms. The van der Waals surface area contributed by atoms with E-state index < -0.39 is 0 Å². The van der Waals surface area contributed by atoms with E-state index in [2.05, 4.69) is 26.5 Å². The van der Waals surface area contributed by atoms with Crippen molar-refractivity contribution >= 4 is 18.5 Å². The number of thiol groups is 1. The van der Waals surface area contributed by atoms with Crippen molar-refractivity contribution in [3.05, 3.63) is 0 Å². The van der Waals surface area contributed by atoms with Gasteiger partial charge in [-0.15, -0.1) is 0 Å². The van der Waals surface area contributed by atoms with Crippen LogP contribution in [0, 0.1) is 5.92 Å². The van der Waals surface area contributed by atoms with E-state index in [1.54, 1.807) is 0 Å². The van der Waals surface area contributed by atoms with Gasteiger partial charge in [-0.25, -0.2) is 0 Å². The minimum atomic E-state index is 0.200. The summed E-state index contributed by atoms with van der Waals surface area (Å²) >= 11 is 4.03. The molecular formula is C10H19NOS. The minimum Gasteiger partial charge on any atom is -0.339 e. The summed E-state index contributed by atoms with van der Waals surface area (Å²) in [7, 11) is 0. The van der Waals surface area contributed by atoms with Crippen LogP contribution in [0.4, 0.5) is 0 Å². The van der Waals surface area contributed by atoms with E-state index in [-0.39, 0.29) is 5.91 Å². The van der Waals surface area contributed by atoms with E-state index in [0.717, 1.165) is 13.0 Å². The number of carbonyl (C=O) groups excluding carboxylic acids is 1. The summed E-state index contributed by atoms with van der Waals surface area (Å²) in [5.41, 5.74) is 0. The highest BCUT2D eigenvalue weighted by atomic mass is 32.1. The van der Waals surface area contributed by atoms with Crippen molar-refractivity contribution in [2.75, 3.05) is 12.3 Å². The van der Waals surface area contributed by atoms with Gasteiger partial charge in [0.05, 0.1) is 5.75 Å². The SMILES string of the molecule is CC(C)CCN(C(=O)CS)C1CC1. The Labute approximate surface area is 86.1 Å². The van der Waals surface area contributed by atoms with Gasteiger partial charge in [0.15, 0.2) is 0 Å². The maximum absolute atomic E-state index is 11.5. The monoisotopic (exact) mass is 201 g/mol. The van der Waals surface area contributed by atoms with Crippen LogP contribution in [0.5, 0.6) is 0 Å². The lowest BCUT2D eigenvalue weighted by molar-refractivity contribution is -0.129. The molecule has 0 unspecified atom stereocenters. The second-order valence-electron chi connectivity index (χ2n) is 4.16. The van der Waals surface area contributed by atoms with Gasteiger partial charge in [-0.05, 0) is 25.2 Å². The van der Waals surface area contributed by atoms with Crippen molar-refractivity contribution in [3.8, 4) is 0 Å². The molecule has 1 aliphatic rings. The fourth-order valence-corrected chi connectivity index (χ4v) is 1.57. The quantitative estimate of drug-likeness (QED) is 0.674. The molecule has 2 nitrogen and oxygen atoms in total. The average Bonchev–Trinajstić information content (AvgIpc) is 2.87. The zero-order chi connectivity index (χ0) is 9.84. The van der Waals surface area contributed by atoms with Crippen molar-refractivity contribution in [1.29, 1.82) is 0 Å². The minimum absolute atomic E-state index is 0.200. The summed E-state index contributed by atoms with van der Waals surface area (Å²) in [6, 6.07) is 0.540. The maximum Gasteiger partial charge on any atom is 0.232 e. The molecule has 1 amide bonds. The number of amides is 1. The van der Waals surface area contributed by atoms with E-state index >= 15 is 0 Å².